The van der Waals surface area contributed by atoms with E-state index < -0.39 is 5.97 Å². The molecule has 0 unspecified atom stereocenters. The molecular formula is C22H25NO3. The number of carboxylic acid groups (broad SMARTS) is 1. The van der Waals surface area contributed by atoms with Crippen molar-refractivity contribution in [3.8, 4) is 5.75 Å². The van der Waals surface area contributed by atoms with Crippen molar-refractivity contribution in [3.63, 3.8) is 0 Å². The molecule has 4 nitrogen and oxygen atoms in total. The van der Waals surface area contributed by atoms with Gasteiger partial charge in [-0.2, -0.15) is 0 Å². The van der Waals surface area contributed by atoms with Crippen LogP contribution < -0.4 is 4.74 Å². The Hall–Kier alpha value is -2.59. The smallest absolute Gasteiger partial charge is 0.336 e. The molecule has 1 aliphatic rings. The molecule has 2 aromatic carbocycles. The van der Waals surface area contributed by atoms with Crippen LogP contribution in [-0.4, -0.2) is 42.2 Å². The molecule has 0 bridgehead atoms. The number of nitrogens with zero attached hydrogens (tertiary/aromatic N) is 1. The lowest BCUT2D eigenvalue weighted by Crippen LogP contribution is -2.33. The molecule has 0 amide bonds. The third kappa shape index (κ3) is 5.20. The van der Waals surface area contributed by atoms with Crippen LogP contribution in [0.25, 0.3) is 11.6 Å². The Labute approximate surface area is 154 Å². The van der Waals surface area contributed by atoms with E-state index in [1.165, 1.54) is 19.3 Å². The zero-order chi connectivity index (χ0) is 18.2. The summed E-state index contributed by atoms with van der Waals surface area (Å²) in [7, 11) is 0. The SMILES string of the molecule is O=C(O)/C(=C\c1cccc(OCCN2CCCCC2)c1)c1ccccc1. The molecule has 0 aromatic heterocycles. The molecule has 4 heteroatoms. The van der Waals surface area contributed by atoms with Gasteiger partial charge in [-0.05, 0) is 55.3 Å². The molecule has 1 saturated heterocycles. The first-order valence-corrected chi connectivity index (χ1v) is 9.18. The number of likely N-dealkylation sites (tertiary alicyclic amines) is 1. The maximum Gasteiger partial charge on any atom is 0.336 e. The fraction of sp³-hybridized carbons (Fsp3) is 0.318. The summed E-state index contributed by atoms with van der Waals surface area (Å²) in [5, 5.41) is 9.54. The summed E-state index contributed by atoms with van der Waals surface area (Å²) in [5.74, 6) is -0.166. The van der Waals surface area contributed by atoms with Crippen LogP contribution in [0.4, 0.5) is 0 Å². The van der Waals surface area contributed by atoms with Gasteiger partial charge >= 0.3 is 5.97 Å². The minimum absolute atomic E-state index is 0.274. The number of carbonyl (C=O) groups is 1. The zero-order valence-corrected chi connectivity index (χ0v) is 14.9. The quantitative estimate of drug-likeness (QED) is 0.601. The van der Waals surface area contributed by atoms with Gasteiger partial charge in [0.2, 0.25) is 0 Å². The van der Waals surface area contributed by atoms with E-state index in [9.17, 15) is 9.90 Å². The molecule has 0 aliphatic carbocycles. The van der Waals surface area contributed by atoms with E-state index in [1.807, 2.05) is 42.5 Å². The van der Waals surface area contributed by atoms with Crippen LogP contribution >= 0.6 is 0 Å². The van der Waals surface area contributed by atoms with Gasteiger partial charge in [0.1, 0.15) is 12.4 Å². The van der Waals surface area contributed by atoms with Gasteiger partial charge in [0.05, 0.1) is 5.57 Å². The summed E-state index contributed by atoms with van der Waals surface area (Å²) in [6.07, 6.45) is 5.57. The second kappa shape index (κ2) is 9.20. The van der Waals surface area contributed by atoms with Gasteiger partial charge in [-0.25, -0.2) is 4.79 Å². The van der Waals surface area contributed by atoms with Crippen molar-refractivity contribution in [1.29, 1.82) is 0 Å². The number of hydrogen-bond donors (Lipinski definition) is 1. The number of rotatable bonds is 7. The Morgan fingerprint density at radius 3 is 2.54 bits per heavy atom. The van der Waals surface area contributed by atoms with Crippen LogP contribution in [0.2, 0.25) is 0 Å². The molecule has 1 heterocycles. The predicted octanol–water partition coefficient (Wildman–Crippen LogP) is 4.18. The van der Waals surface area contributed by atoms with Crippen LogP contribution in [0.5, 0.6) is 5.75 Å². The van der Waals surface area contributed by atoms with Gasteiger partial charge in [-0.3, -0.25) is 4.90 Å². The van der Waals surface area contributed by atoms with Gasteiger partial charge in [0.25, 0.3) is 0 Å². The van der Waals surface area contributed by atoms with Crippen LogP contribution in [0.15, 0.2) is 54.6 Å². The summed E-state index contributed by atoms with van der Waals surface area (Å²) in [6.45, 7) is 3.90. The van der Waals surface area contributed by atoms with E-state index in [-0.39, 0.29) is 5.57 Å². The molecule has 0 radical (unpaired) electrons. The molecule has 136 valence electrons. The fourth-order valence-corrected chi connectivity index (χ4v) is 3.22. The summed E-state index contributed by atoms with van der Waals surface area (Å²) in [4.78, 5) is 14.1. The lowest BCUT2D eigenvalue weighted by molar-refractivity contribution is -0.130. The van der Waals surface area contributed by atoms with Crippen LogP contribution in [0.3, 0.4) is 0 Å². The van der Waals surface area contributed by atoms with Crippen LogP contribution in [0, 0.1) is 0 Å². The topological polar surface area (TPSA) is 49.8 Å². The molecule has 0 spiro atoms. The highest BCUT2D eigenvalue weighted by Crippen LogP contribution is 2.21. The molecule has 1 aliphatic heterocycles. The molecule has 2 aromatic rings. The van der Waals surface area contributed by atoms with Gasteiger partial charge in [0.15, 0.2) is 0 Å². The standard InChI is InChI=1S/C22H25NO3/c24-22(25)21(19-9-3-1-4-10-19)17-18-8-7-11-20(16-18)26-15-14-23-12-5-2-6-13-23/h1,3-4,7-11,16-17H,2,5-6,12-15H2,(H,24,25)/b21-17-. The Morgan fingerprint density at radius 2 is 1.81 bits per heavy atom. The van der Waals surface area contributed by atoms with Crippen molar-refractivity contribution >= 4 is 17.6 Å². The number of aliphatic carboxylic acids is 1. The molecule has 26 heavy (non-hydrogen) atoms. The van der Waals surface area contributed by atoms with Crippen molar-refractivity contribution in [3.05, 3.63) is 65.7 Å². The van der Waals surface area contributed by atoms with Crippen molar-refractivity contribution in [2.45, 2.75) is 19.3 Å². The van der Waals surface area contributed by atoms with Gasteiger partial charge in [0, 0.05) is 6.54 Å². The molecule has 3 rings (SSSR count). The first kappa shape index (κ1) is 18.2. The number of hydrogen-bond acceptors (Lipinski definition) is 3. The van der Waals surface area contributed by atoms with Crippen molar-refractivity contribution < 1.29 is 14.6 Å². The molecule has 1 fully saturated rings. The van der Waals surface area contributed by atoms with Crippen LogP contribution in [-0.2, 0) is 4.79 Å². The predicted molar refractivity (Wildman–Crippen MR) is 104 cm³/mol. The maximum absolute atomic E-state index is 11.6. The lowest BCUT2D eigenvalue weighted by Gasteiger charge is -2.26. The number of piperidine rings is 1. The first-order valence-electron chi connectivity index (χ1n) is 9.18. The van der Waals surface area contributed by atoms with E-state index in [1.54, 1.807) is 18.2 Å². The van der Waals surface area contributed by atoms with Gasteiger partial charge in [-0.1, -0.05) is 48.9 Å². The Bertz CT molecular complexity index is 749. The van der Waals surface area contributed by atoms with Gasteiger partial charge in [-0.15, -0.1) is 0 Å². The van der Waals surface area contributed by atoms with E-state index in [0.717, 1.165) is 30.9 Å². The van der Waals surface area contributed by atoms with E-state index >= 15 is 0 Å². The normalized spacial score (nSPS) is 15.6. The molecule has 0 atom stereocenters. The Morgan fingerprint density at radius 1 is 1.04 bits per heavy atom. The minimum Gasteiger partial charge on any atom is -0.492 e. The largest absolute Gasteiger partial charge is 0.492 e. The number of carboxylic acids is 1. The van der Waals surface area contributed by atoms with Crippen molar-refractivity contribution in [2.24, 2.45) is 0 Å². The number of ether oxygens (including phenoxy) is 1. The summed E-state index contributed by atoms with van der Waals surface area (Å²) < 4.78 is 5.88. The minimum atomic E-state index is -0.937. The van der Waals surface area contributed by atoms with Crippen molar-refractivity contribution in [2.75, 3.05) is 26.2 Å². The fourth-order valence-electron chi connectivity index (χ4n) is 3.22. The Balaban J connectivity index is 1.66. The van der Waals surface area contributed by atoms with E-state index in [2.05, 4.69) is 4.90 Å². The maximum atomic E-state index is 11.6. The average Bonchev–Trinajstić information content (AvgIpc) is 2.68. The molecular weight excluding hydrogens is 326 g/mol. The van der Waals surface area contributed by atoms with Crippen molar-refractivity contribution in [1.82, 2.24) is 4.90 Å². The molecule has 1 N–H and O–H groups in total. The summed E-state index contributed by atoms with van der Waals surface area (Å²) >= 11 is 0. The van der Waals surface area contributed by atoms with E-state index in [4.69, 9.17) is 4.74 Å². The highest BCUT2D eigenvalue weighted by molar-refractivity contribution is 6.20. The third-order valence-electron chi connectivity index (χ3n) is 4.61. The zero-order valence-electron chi connectivity index (χ0n) is 14.9. The highest BCUT2D eigenvalue weighted by Gasteiger charge is 2.11. The third-order valence-corrected chi connectivity index (χ3v) is 4.61. The van der Waals surface area contributed by atoms with Gasteiger partial charge < -0.3 is 9.84 Å². The Kier molecular flexibility index (Phi) is 6.45. The second-order valence-electron chi connectivity index (χ2n) is 6.55. The summed E-state index contributed by atoms with van der Waals surface area (Å²) in [6, 6.07) is 16.8. The van der Waals surface area contributed by atoms with Crippen LogP contribution in [0.1, 0.15) is 30.4 Å². The highest BCUT2D eigenvalue weighted by atomic mass is 16.5. The molecule has 0 saturated carbocycles. The average molecular weight is 351 g/mol. The lowest BCUT2D eigenvalue weighted by atomic mass is 10.0. The first-order chi connectivity index (χ1) is 12.7. The van der Waals surface area contributed by atoms with E-state index in [0.29, 0.717) is 12.2 Å². The second-order valence-corrected chi connectivity index (χ2v) is 6.55. The summed E-state index contributed by atoms with van der Waals surface area (Å²) in [5.41, 5.74) is 1.79. The number of benzene rings is 2. The monoisotopic (exact) mass is 351 g/mol.